The molecule has 0 unspecified atom stereocenters. The van der Waals surface area contributed by atoms with Crippen LogP contribution in [0.4, 0.5) is 10.5 Å². The Hall–Kier alpha value is -1.94. The molecule has 0 heterocycles. The third-order valence-electron chi connectivity index (χ3n) is 3.60. The zero-order chi connectivity index (χ0) is 17.3. The van der Waals surface area contributed by atoms with E-state index >= 15 is 0 Å². The van der Waals surface area contributed by atoms with Gasteiger partial charge in [-0.1, -0.05) is 65.1 Å². The molecule has 0 spiro atoms. The molecule has 0 aliphatic rings. The number of ether oxygens (including phenoxy) is 1. The van der Waals surface area contributed by atoms with E-state index in [1.807, 2.05) is 25.1 Å². The monoisotopic (exact) mass is 379 g/mol. The Morgan fingerprint density at radius 3 is 2.38 bits per heavy atom. The van der Waals surface area contributed by atoms with Crippen molar-refractivity contribution in [2.75, 3.05) is 5.32 Å². The molecule has 122 valence electrons. The molecule has 0 saturated carbocycles. The molecule has 0 saturated heterocycles. The van der Waals surface area contributed by atoms with Crippen molar-refractivity contribution in [3.05, 3.63) is 69.2 Å². The number of anilines is 1. The zero-order valence-corrected chi connectivity index (χ0v) is 14.8. The van der Waals surface area contributed by atoms with Crippen LogP contribution in [-0.4, -0.2) is 6.09 Å². The summed E-state index contributed by atoms with van der Waals surface area (Å²) in [5.41, 5.74) is 1.32. The number of amides is 1. The molecular weight excluding hydrogens is 369 g/mol. The minimum Gasteiger partial charge on any atom is -0.408 e. The van der Waals surface area contributed by atoms with Gasteiger partial charge in [0, 0.05) is 21.5 Å². The van der Waals surface area contributed by atoms with E-state index in [2.05, 4.69) is 5.32 Å². The number of halogens is 3. The van der Waals surface area contributed by atoms with Gasteiger partial charge in [0.1, 0.15) is 0 Å². The molecule has 0 atom stereocenters. The first-order valence-corrected chi connectivity index (χ1v) is 8.21. The Labute approximate surface area is 154 Å². The van der Waals surface area contributed by atoms with Crippen molar-refractivity contribution in [1.29, 1.82) is 0 Å². The molecule has 24 heavy (non-hydrogen) atoms. The quantitative estimate of drug-likeness (QED) is 0.536. The highest BCUT2D eigenvalue weighted by Crippen LogP contribution is 2.38. The summed E-state index contributed by atoms with van der Waals surface area (Å²) in [5.74, 6) is 0.258. The minimum atomic E-state index is -0.658. The van der Waals surface area contributed by atoms with Crippen LogP contribution in [0.3, 0.4) is 0 Å². The summed E-state index contributed by atoms with van der Waals surface area (Å²) in [6.45, 7) is 1.81. The Morgan fingerprint density at radius 2 is 1.62 bits per heavy atom. The zero-order valence-electron chi connectivity index (χ0n) is 12.6. The predicted molar refractivity (Wildman–Crippen MR) is 99.8 cm³/mol. The van der Waals surface area contributed by atoms with E-state index in [-0.39, 0.29) is 10.8 Å². The van der Waals surface area contributed by atoms with Crippen molar-refractivity contribution in [3.63, 3.8) is 0 Å². The first kappa shape index (κ1) is 16.9. The van der Waals surface area contributed by atoms with E-state index < -0.39 is 6.09 Å². The highest BCUT2D eigenvalue weighted by Gasteiger charge is 2.15. The number of carbonyl (C=O) groups is 1. The van der Waals surface area contributed by atoms with Crippen LogP contribution in [0.1, 0.15) is 5.56 Å². The van der Waals surface area contributed by atoms with E-state index in [1.54, 1.807) is 30.3 Å². The average molecular weight is 381 g/mol. The van der Waals surface area contributed by atoms with Crippen molar-refractivity contribution < 1.29 is 9.53 Å². The smallest absolute Gasteiger partial charge is 0.408 e. The van der Waals surface area contributed by atoms with Gasteiger partial charge in [-0.2, -0.15) is 0 Å². The van der Waals surface area contributed by atoms with Gasteiger partial charge in [-0.05, 0) is 30.7 Å². The summed E-state index contributed by atoms with van der Waals surface area (Å²) in [6, 6.07) is 14.1. The number of hydrogen-bond acceptors (Lipinski definition) is 2. The summed E-state index contributed by atoms with van der Waals surface area (Å²) in [6.07, 6.45) is -0.658. The SMILES string of the molecule is Cc1c(Cl)cccc1NC(=O)Oc1c(Cl)cc(Cl)c2ccccc12. The van der Waals surface area contributed by atoms with Gasteiger partial charge in [-0.15, -0.1) is 0 Å². The van der Waals surface area contributed by atoms with Crippen molar-refractivity contribution >= 4 is 57.4 Å². The Kier molecular flexibility index (Phi) is 4.86. The lowest BCUT2D eigenvalue weighted by molar-refractivity contribution is 0.215. The minimum absolute atomic E-state index is 0.258. The van der Waals surface area contributed by atoms with Crippen molar-refractivity contribution in [3.8, 4) is 5.75 Å². The number of benzene rings is 3. The highest BCUT2D eigenvalue weighted by atomic mass is 35.5. The fourth-order valence-corrected chi connectivity index (χ4v) is 3.10. The molecule has 0 aliphatic heterocycles. The van der Waals surface area contributed by atoms with E-state index in [0.29, 0.717) is 21.1 Å². The van der Waals surface area contributed by atoms with Gasteiger partial charge >= 0.3 is 6.09 Å². The molecule has 0 bridgehead atoms. The van der Waals surface area contributed by atoms with Crippen LogP contribution in [0.2, 0.25) is 15.1 Å². The lowest BCUT2D eigenvalue weighted by Crippen LogP contribution is -2.17. The van der Waals surface area contributed by atoms with Crippen molar-refractivity contribution in [2.24, 2.45) is 0 Å². The van der Waals surface area contributed by atoms with Crippen LogP contribution in [-0.2, 0) is 0 Å². The number of nitrogens with one attached hydrogen (secondary N) is 1. The Morgan fingerprint density at radius 1 is 0.917 bits per heavy atom. The summed E-state index contributed by atoms with van der Waals surface area (Å²) in [7, 11) is 0. The van der Waals surface area contributed by atoms with Gasteiger partial charge in [-0.25, -0.2) is 4.79 Å². The second-order valence-electron chi connectivity index (χ2n) is 5.14. The Balaban J connectivity index is 1.92. The van der Waals surface area contributed by atoms with Crippen LogP contribution in [0.25, 0.3) is 10.8 Å². The third kappa shape index (κ3) is 3.29. The maximum atomic E-state index is 12.3. The summed E-state index contributed by atoms with van der Waals surface area (Å²) < 4.78 is 5.43. The van der Waals surface area contributed by atoms with Gasteiger partial charge in [0.15, 0.2) is 5.75 Å². The fourth-order valence-electron chi connectivity index (χ4n) is 2.35. The van der Waals surface area contributed by atoms with E-state index in [0.717, 1.165) is 10.9 Å². The van der Waals surface area contributed by atoms with E-state index in [9.17, 15) is 4.79 Å². The van der Waals surface area contributed by atoms with Crippen LogP contribution in [0, 0.1) is 6.92 Å². The standard InChI is InChI=1S/C18H12Cl3NO2/c1-10-13(19)7-4-8-16(10)22-18(23)24-17-12-6-3-2-5-11(12)14(20)9-15(17)21/h2-9H,1H3,(H,22,23). The van der Waals surface area contributed by atoms with Crippen LogP contribution in [0.5, 0.6) is 5.75 Å². The molecule has 3 aromatic carbocycles. The lowest BCUT2D eigenvalue weighted by atomic mass is 10.1. The molecule has 0 fully saturated rings. The third-order valence-corrected chi connectivity index (χ3v) is 4.60. The van der Waals surface area contributed by atoms with Crippen LogP contribution < -0.4 is 10.1 Å². The second-order valence-corrected chi connectivity index (χ2v) is 6.36. The number of carbonyl (C=O) groups excluding carboxylic acids is 1. The highest BCUT2D eigenvalue weighted by molar-refractivity contribution is 6.40. The van der Waals surface area contributed by atoms with Gasteiger partial charge in [0.25, 0.3) is 0 Å². The van der Waals surface area contributed by atoms with E-state index in [4.69, 9.17) is 39.5 Å². The summed E-state index contributed by atoms with van der Waals surface area (Å²) in [5, 5.41) is 5.40. The van der Waals surface area contributed by atoms with Gasteiger partial charge in [0.2, 0.25) is 0 Å². The van der Waals surface area contributed by atoms with Crippen LogP contribution >= 0.6 is 34.8 Å². The second kappa shape index (κ2) is 6.89. The molecule has 1 N–H and O–H groups in total. The maximum absolute atomic E-state index is 12.3. The van der Waals surface area contributed by atoms with Crippen LogP contribution in [0.15, 0.2) is 48.5 Å². The number of rotatable bonds is 2. The largest absolute Gasteiger partial charge is 0.417 e. The molecule has 1 amide bonds. The predicted octanol–water partition coefficient (Wildman–Crippen LogP) is 6.72. The number of fused-ring (bicyclic) bond motifs is 1. The fraction of sp³-hybridized carbons (Fsp3) is 0.0556. The summed E-state index contributed by atoms with van der Waals surface area (Å²) in [4.78, 5) is 12.3. The molecule has 0 aliphatic carbocycles. The molecule has 0 aromatic heterocycles. The molecule has 6 heteroatoms. The molecular formula is C18H12Cl3NO2. The van der Waals surface area contributed by atoms with Gasteiger partial charge in [0.05, 0.1) is 10.0 Å². The molecule has 3 rings (SSSR count). The molecule has 3 nitrogen and oxygen atoms in total. The Bertz CT molecular complexity index is 941. The maximum Gasteiger partial charge on any atom is 0.417 e. The molecule has 3 aromatic rings. The topological polar surface area (TPSA) is 38.3 Å². The van der Waals surface area contributed by atoms with Gasteiger partial charge in [-0.3, -0.25) is 5.32 Å². The van der Waals surface area contributed by atoms with Gasteiger partial charge < -0.3 is 4.74 Å². The number of hydrogen-bond donors (Lipinski definition) is 1. The lowest BCUT2D eigenvalue weighted by Gasteiger charge is -2.13. The normalized spacial score (nSPS) is 10.7. The van der Waals surface area contributed by atoms with Crippen molar-refractivity contribution in [2.45, 2.75) is 6.92 Å². The van der Waals surface area contributed by atoms with E-state index in [1.165, 1.54) is 0 Å². The average Bonchev–Trinajstić information content (AvgIpc) is 2.56. The summed E-state index contributed by atoms with van der Waals surface area (Å²) >= 11 is 18.4. The first-order valence-electron chi connectivity index (χ1n) is 7.08. The van der Waals surface area contributed by atoms with Crippen molar-refractivity contribution in [1.82, 2.24) is 0 Å². The molecule has 0 radical (unpaired) electrons. The first-order chi connectivity index (χ1) is 11.5.